The Bertz CT molecular complexity index is 319. The molecule has 0 spiro atoms. The monoisotopic (exact) mass is 281 g/mol. The number of carboxylic acid groups (broad SMARTS) is 1. The zero-order chi connectivity index (χ0) is 14.6. The highest BCUT2D eigenvalue weighted by Gasteiger charge is 2.43. The van der Waals surface area contributed by atoms with Crippen LogP contribution >= 0.6 is 0 Å². The molecule has 2 rings (SSSR count). The largest absolute Gasteiger partial charge is 0.481 e. The van der Waals surface area contributed by atoms with E-state index in [1.807, 2.05) is 0 Å². The van der Waals surface area contributed by atoms with Crippen LogP contribution in [0.15, 0.2) is 0 Å². The Hall–Kier alpha value is -0.570. The Morgan fingerprint density at radius 1 is 1.25 bits per heavy atom. The minimum absolute atomic E-state index is 0.464. The lowest BCUT2D eigenvalue weighted by Crippen LogP contribution is -2.52. The Morgan fingerprint density at radius 3 is 2.50 bits per heavy atom. The van der Waals surface area contributed by atoms with E-state index in [1.165, 1.54) is 32.1 Å². The molecular weight excluding hydrogens is 250 g/mol. The summed E-state index contributed by atoms with van der Waals surface area (Å²) in [4.78, 5) is 14.3. The lowest BCUT2D eigenvalue weighted by Gasteiger charge is -2.45. The smallest absolute Gasteiger partial charge is 0.310 e. The fourth-order valence-corrected chi connectivity index (χ4v) is 4.36. The van der Waals surface area contributed by atoms with Crippen molar-refractivity contribution in [3.05, 3.63) is 0 Å². The van der Waals surface area contributed by atoms with E-state index in [0.29, 0.717) is 6.04 Å². The number of aliphatic carboxylic acids is 1. The van der Waals surface area contributed by atoms with Crippen LogP contribution in [0.3, 0.4) is 0 Å². The van der Waals surface area contributed by atoms with Gasteiger partial charge in [-0.15, -0.1) is 0 Å². The molecule has 1 aliphatic heterocycles. The molecule has 1 saturated carbocycles. The second kappa shape index (κ2) is 6.93. The quantitative estimate of drug-likeness (QED) is 0.830. The van der Waals surface area contributed by atoms with E-state index < -0.39 is 11.4 Å². The van der Waals surface area contributed by atoms with Crippen LogP contribution in [0.5, 0.6) is 0 Å². The second-order valence-corrected chi connectivity index (χ2v) is 6.99. The van der Waals surface area contributed by atoms with Crippen molar-refractivity contribution < 1.29 is 9.90 Å². The average Bonchev–Trinajstić information content (AvgIpc) is 2.48. The van der Waals surface area contributed by atoms with Crippen molar-refractivity contribution in [1.29, 1.82) is 0 Å². The topological polar surface area (TPSA) is 40.5 Å². The van der Waals surface area contributed by atoms with E-state index in [1.54, 1.807) is 0 Å². The summed E-state index contributed by atoms with van der Waals surface area (Å²) in [6.45, 7) is 6.30. The Labute approximate surface area is 123 Å². The van der Waals surface area contributed by atoms with Crippen LogP contribution in [0.25, 0.3) is 0 Å². The molecule has 1 atom stereocenters. The number of nitrogens with zero attached hydrogens (tertiary/aromatic N) is 1. The summed E-state index contributed by atoms with van der Waals surface area (Å²) in [5.74, 6) is 0.349. The molecule has 2 aliphatic rings. The molecule has 3 nitrogen and oxygen atoms in total. The molecule has 0 aromatic rings. The molecule has 116 valence electrons. The van der Waals surface area contributed by atoms with Gasteiger partial charge in [0, 0.05) is 12.6 Å². The Kier molecular flexibility index (Phi) is 5.48. The van der Waals surface area contributed by atoms with Crippen LogP contribution in [0.1, 0.15) is 71.6 Å². The highest BCUT2D eigenvalue weighted by atomic mass is 16.4. The molecule has 0 radical (unpaired) electrons. The summed E-state index contributed by atoms with van der Waals surface area (Å²) < 4.78 is 0. The third-order valence-corrected chi connectivity index (χ3v) is 5.70. The number of hydrogen-bond acceptors (Lipinski definition) is 2. The minimum atomic E-state index is -0.564. The first kappa shape index (κ1) is 15.8. The molecule has 1 N–H and O–H groups in total. The molecule has 0 amide bonds. The third kappa shape index (κ3) is 3.36. The van der Waals surface area contributed by atoms with Gasteiger partial charge in [0.15, 0.2) is 0 Å². The van der Waals surface area contributed by atoms with Gasteiger partial charge in [-0.3, -0.25) is 9.69 Å². The normalized spacial score (nSPS) is 35.9. The predicted molar refractivity (Wildman–Crippen MR) is 81.8 cm³/mol. The van der Waals surface area contributed by atoms with Gasteiger partial charge >= 0.3 is 5.97 Å². The molecule has 0 bridgehead atoms. The number of piperidine rings is 1. The number of carboxylic acids is 1. The maximum absolute atomic E-state index is 11.8. The highest BCUT2D eigenvalue weighted by molar-refractivity contribution is 5.75. The summed E-state index contributed by atoms with van der Waals surface area (Å²) in [7, 11) is 0. The lowest BCUT2D eigenvalue weighted by molar-refractivity contribution is -0.154. The van der Waals surface area contributed by atoms with Crippen molar-refractivity contribution in [2.45, 2.75) is 77.7 Å². The number of likely N-dealkylation sites (tertiary alicyclic amines) is 1. The number of rotatable bonds is 5. The van der Waals surface area contributed by atoms with E-state index in [9.17, 15) is 9.90 Å². The van der Waals surface area contributed by atoms with Gasteiger partial charge in [-0.2, -0.15) is 0 Å². The zero-order valence-electron chi connectivity index (χ0n) is 13.2. The van der Waals surface area contributed by atoms with Crippen molar-refractivity contribution in [3.8, 4) is 0 Å². The van der Waals surface area contributed by atoms with Gasteiger partial charge in [-0.1, -0.05) is 26.7 Å². The Balaban J connectivity index is 1.97. The van der Waals surface area contributed by atoms with Crippen LogP contribution in [-0.2, 0) is 4.79 Å². The van der Waals surface area contributed by atoms with E-state index >= 15 is 0 Å². The summed E-state index contributed by atoms with van der Waals surface area (Å²) in [5, 5.41) is 9.69. The SMILES string of the molecule is CCCC1(C(=O)O)CCCN(C2CCC(CC)CC2)C1. The van der Waals surface area contributed by atoms with Crippen LogP contribution in [-0.4, -0.2) is 35.1 Å². The minimum Gasteiger partial charge on any atom is -0.481 e. The van der Waals surface area contributed by atoms with Gasteiger partial charge in [0.2, 0.25) is 0 Å². The first-order chi connectivity index (χ1) is 9.61. The number of carbonyl (C=O) groups is 1. The molecule has 2 fully saturated rings. The van der Waals surface area contributed by atoms with Crippen molar-refractivity contribution in [2.24, 2.45) is 11.3 Å². The van der Waals surface area contributed by atoms with Gasteiger partial charge in [0.25, 0.3) is 0 Å². The fraction of sp³-hybridized carbons (Fsp3) is 0.941. The average molecular weight is 281 g/mol. The summed E-state index contributed by atoms with van der Waals surface area (Å²) in [5.41, 5.74) is -0.464. The predicted octanol–water partition coefficient (Wildman–Crippen LogP) is 3.92. The van der Waals surface area contributed by atoms with Gasteiger partial charge < -0.3 is 5.11 Å². The maximum Gasteiger partial charge on any atom is 0.310 e. The molecule has 1 saturated heterocycles. The van der Waals surface area contributed by atoms with E-state index in [4.69, 9.17) is 0 Å². The van der Waals surface area contributed by atoms with Gasteiger partial charge in [0.05, 0.1) is 5.41 Å². The van der Waals surface area contributed by atoms with E-state index in [0.717, 1.165) is 44.7 Å². The van der Waals surface area contributed by atoms with Gasteiger partial charge in [-0.25, -0.2) is 0 Å². The summed E-state index contributed by atoms with van der Waals surface area (Å²) in [6, 6.07) is 0.647. The standard InChI is InChI=1S/C17H31NO2/c1-3-10-17(16(19)20)11-5-12-18(13-17)15-8-6-14(4-2)7-9-15/h14-15H,3-13H2,1-2H3,(H,19,20). The summed E-state index contributed by atoms with van der Waals surface area (Å²) in [6.07, 6.45) is 10.3. The lowest BCUT2D eigenvalue weighted by atomic mass is 9.75. The molecule has 20 heavy (non-hydrogen) atoms. The molecule has 3 heteroatoms. The molecule has 1 unspecified atom stereocenters. The van der Waals surface area contributed by atoms with Crippen molar-refractivity contribution >= 4 is 5.97 Å². The van der Waals surface area contributed by atoms with E-state index in [2.05, 4.69) is 18.7 Å². The van der Waals surface area contributed by atoms with Gasteiger partial charge in [-0.05, 0) is 57.4 Å². The third-order valence-electron chi connectivity index (χ3n) is 5.70. The zero-order valence-corrected chi connectivity index (χ0v) is 13.2. The van der Waals surface area contributed by atoms with Crippen LogP contribution in [0.2, 0.25) is 0 Å². The van der Waals surface area contributed by atoms with Gasteiger partial charge in [0.1, 0.15) is 0 Å². The molecule has 0 aromatic carbocycles. The molecule has 1 heterocycles. The van der Waals surface area contributed by atoms with Crippen LogP contribution in [0, 0.1) is 11.3 Å². The van der Waals surface area contributed by atoms with Crippen molar-refractivity contribution in [1.82, 2.24) is 4.90 Å². The highest BCUT2D eigenvalue weighted by Crippen LogP contribution is 2.38. The first-order valence-electron chi connectivity index (χ1n) is 8.58. The maximum atomic E-state index is 11.8. The van der Waals surface area contributed by atoms with Crippen LogP contribution < -0.4 is 0 Å². The number of hydrogen-bond donors (Lipinski definition) is 1. The summed E-state index contributed by atoms with van der Waals surface area (Å²) >= 11 is 0. The Morgan fingerprint density at radius 2 is 1.95 bits per heavy atom. The fourth-order valence-electron chi connectivity index (χ4n) is 4.36. The molecular formula is C17H31NO2. The van der Waals surface area contributed by atoms with E-state index in [-0.39, 0.29) is 0 Å². The molecule has 1 aliphatic carbocycles. The van der Waals surface area contributed by atoms with Crippen molar-refractivity contribution in [2.75, 3.05) is 13.1 Å². The first-order valence-corrected chi connectivity index (χ1v) is 8.58. The van der Waals surface area contributed by atoms with Crippen molar-refractivity contribution in [3.63, 3.8) is 0 Å². The molecule has 0 aromatic heterocycles. The van der Waals surface area contributed by atoms with Crippen LogP contribution in [0.4, 0.5) is 0 Å². The second-order valence-electron chi connectivity index (χ2n) is 6.99.